The minimum Gasteiger partial charge on any atom is -0.232 e. The van der Waals surface area contributed by atoms with Gasteiger partial charge in [0.25, 0.3) is 5.82 Å². The summed E-state index contributed by atoms with van der Waals surface area (Å²) in [6.45, 7) is 19.4. The smallest absolute Gasteiger partial charge is 0.232 e. The van der Waals surface area contributed by atoms with Gasteiger partial charge in [-0.05, 0) is 44.0 Å². The first-order valence-corrected chi connectivity index (χ1v) is 12.3. The molecule has 5 nitrogen and oxygen atoms in total. The first kappa shape index (κ1) is 24.8. The summed E-state index contributed by atoms with van der Waals surface area (Å²) in [4.78, 5) is 14.7. The van der Waals surface area contributed by atoms with Gasteiger partial charge >= 0.3 is 0 Å². The Balaban J connectivity index is 1.92. The number of hydrogen-bond acceptors (Lipinski definition) is 3. The van der Waals surface area contributed by atoms with Gasteiger partial charge in [-0.3, -0.25) is 0 Å². The van der Waals surface area contributed by atoms with E-state index in [9.17, 15) is 0 Å². The summed E-state index contributed by atoms with van der Waals surface area (Å²) in [5, 5.41) is 0. The molecule has 0 aliphatic carbocycles. The van der Waals surface area contributed by atoms with Crippen molar-refractivity contribution in [1.29, 1.82) is 0 Å². The van der Waals surface area contributed by atoms with Gasteiger partial charge in [0.05, 0.1) is 12.6 Å². The summed E-state index contributed by atoms with van der Waals surface area (Å²) >= 11 is 0. The van der Waals surface area contributed by atoms with E-state index >= 15 is 0 Å². The molecule has 0 bridgehead atoms. The summed E-state index contributed by atoms with van der Waals surface area (Å²) in [5.41, 5.74) is 6.71. The van der Waals surface area contributed by atoms with E-state index in [-0.39, 0.29) is 10.8 Å². The normalized spacial score (nSPS) is 12.3. The monoisotopic (exact) mass is 468 g/mol. The Labute approximate surface area is 209 Å². The number of imidazole rings is 1. The molecule has 2 aromatic heterocycles. The van der Waals surface area contributed by atoms with Gasteiger partial charge in [0, 0.05) is 16.4 Å². The lowest BCUT2D eigenvalue weighted by atomic mass is 9.92. The highest BCUT2D eigenvalue weighted by Crippen LogP contribution is 2.31. The van der Waals surface area contributed by atoms with E-state index in [1.165, 1.54) is 22.4 Å². The van der Waals surface area contributed by atoms with E-state index in [1.807, 2.05) is 0 Å². The lowest BCUT2D eigenvalue weighted by Crippen LogP contribution is -2.29. The first-order chi connectivity index (χ1) is 16.3. The van der Waals surface area contributed by atoms with Gasteiger partial charge in [0.15, 0.2) is 5.82 Å². The third kappa shape index (κ3) is 4.90. The minimum atomic E-state index is -0.171. The molecule has 0 fully saturated rings. The molecular formula is C30H38N5+. The highest BCUT2D eigenvalue weighted by atomic mass is 15.1. The summed E-state index contributed by atoms with van der Waals surface area (Å²) < 4.78 is 4.45. The summed E-state index contributed by atoms with van der Waals surface area (Å²) in [6, 6.07) is 13.1. The maximum atomic E-state index is 4.93. The Morgan fingerprint density at radius 3 is 1.94 bits per heavy atom. The molecule has 0 spiro atoms. The summed E-state index contributed by atoms with van der Waals surface area (Å²) in [6.07, 6.45) is 4.25. The Morgan fingerprint density at radius 2 is 1.37 bits per heavy atom. The van der Waals surface area contributed by atoms with E-state index in [4.69, 9.17) is 15.0 Å². The quantitative estimate of drug-likeness (QED) is 0.330. The molecule has 0 amide bonds. The lowest BCUT2D eigenvalue weighted by Gasteiger charge is -2.22. The number of aromatic nitrogens is 5. The van der Waals surface area contributed by atoms with Gasteiger partial charge in [-0.1, -0.05) is 71.4 Å². The molecule has 0 atom stereocenters. The zero-order chi connectivity index (χ0) is 25.7. The zero-order valence-corrected chi connectivity index (χ0v) is 22.9. The Kier molecular flexibility index (Phi) is 6.16. The highest BCUT2D eigenvalue weighted by molar-refractivity contribution is 5.69. The molecule has 0 aliphatic rings. The van der Waals surface area contributed by atoms with Crippen molar-refractivity contribution in [1.82, 2.24) is 19.5 Å². The van der Waals surface area contributed by atoms with Crippen LogP contribution in [0.2, 0.25) is 0 Å². The molecule has 4 rings (SSSR count). The predicted molar refractivity (Wildman–Crippen MR) is 143 cm³/mol. The zero-order valence-electron chi connectivity index (χ0n) is 22.9. The van der Waals surface area contributed by atoms with Crippen LogP contribution in [0.1, 0.15) is 69.9 Å². The second kappa shape index (κ2) is 8.71. The standard InChI is InChI=1S/C30H38N5/c1-19-11-14-24(21(3)17-19)35-16-15-34(10)26(35)23-18-22(13-12-20(23)2)25-31-27(29(4,5)6)33-28(32-25)30(7,8)9/h11-18H,1-10H3/q+1. The maximum Gasteiger partial charge on any atom is 0.294 e. The average Bonchev–Trinajstić information content (AvgIpc) is 3.13. The van der Waals surface area contributed by atoms with Crippen LogP contribution in [0.3, 0.4) is 0 Å². The Morgan fingerprint density at radius 1 is 0.743 bits per heavy atom. The Hall–Kier alpha value is -3.34. The maximum absolute atomic E-state index is 4.93. The summed E-state index contributed by atoms with van der Waals surface area (Å²) in [5.74, 6) is 3.48. The third-order valence-corrected chi connectivity index (χ3v) is 6.33. The Bertz CT molecular complexity index is 1370. The molecule has 0 N–H and O–H groups in total. The van der Waals surface area contributed by atoms with E-state index < -0.39 is 0 Å². The molecule has 0 unspecified atom stereocenters. The number of benzene rings is 2. The molecule has 0 aliphatic heterocycles. The van der Waals surface area contributed by atoms with Crippen molar-refractivity contribution < 1.29 is 4.57 Å². The van der Waals surface area contributed by atoms with Crippen LogP contribution in [0, 0.1) is 20.8 Å². The van der Waals surface area contributed by atoms with Crippen LogP contribution in [0.5, 0.6) is 0 Å². The van der Waals surface area contributed by atoms with E-state index in [2.05, 4.69) is 127 Å². The number of hydrogen-bond donors (Lipinski definition) is 0. The molecule has 0 saturated heterocycles. The van der Waals surface area contributed by atoms with Crippen molar-refractivity contribution in [3.63, 3.8) is 0 Å². The van der Waals surface area contributed by atoms with Crippen LogP contribution in [0.15, 0.2) is 48.8 Å². The van der Waals surface area contributed by atoms with Crippen molar-refractivity contribution in [2.45, 2.75) is 73.1 Å². The van der Waals surface area contributed by atoms with Crippen LogP contribution in [-0.2, 0) is 17.9 Å². The predicted octanol–water partition coefficient (Wildman–Crippen LogP) is 6.34. The van der Waals surface area contributed by atoms with Gasteiger partial charge in [0.1, 0.15) is 29.7 Å². The fourth-order valence-corrected chi connectivity index (χ4v) is 4.25. The largest absolute Gasteiger partial charge is 0.294 e. The fourth-order valence-electron chi connectivity index (χ4n) is 4.25. The van der Waals surface area contributed by atoms with Gasteiger partial charge in [0.2, 0.25) is 0 Å². The highest BCUT2D eigenvalue weighted by Gasteiger charge is 2.27. The number of nitrogens with zero attached hydrogens (tertiary/aromatic N) is 5. The average molecular weight is 469 g/mol. The molecule has 2 aromatic carbocycles. The van der Waals surface area contributed by atoms with Crippen molar-refractivity contribution in [3.8, 4) is 28.5 Å². The molecular weight excluding hydrogens is 430 g/mol. The number of aryl methyl sites for hydroxylation is 4. The van der Waals surface area contributed by atoms with E-state index in [0.717, 1.165) is 34.4 Å². The van der Waals surface area contributed by atoms with Gasteiger partial charge < -0.3 is 0 Å². The van der Waals surface area contributed by atoms with Gasteiger partial charge in [-0.25, -0.2) is 19.5 Å². The minimum absolute atomic E-state index is 0.171. The molecule has 5 heteroatoms. The molecule has 0 radical (unpaired) electrons. The molecule has 0 saturated carbocycles. The van der Waals surface area contributed by atoms with E-state index in [0.29, 0.717) is 0 Å². The van der Waals surface area contributed by atoms with Crippen LogP contribution >= 0.6 is 0 Å². The molecule has 4 aromatic rings. The van der Waals surface area contributed by atoms with Crippen molar-refractivity contribution >= 4 is 0 Å². The van der Waals surface area contributed by atoms with Crippen molar-refractivity contribution in [3.05, 3.63) is 77.1 Å². The lowest BCUT2D eigenvalue weighted by molar-refractivity contribution is -0.659. The fraction of sp³-hybridized carbons (Fsp3) is 0.400. The van der Waals surface area contributed by atoms with E-state index in [1.54, 1.807) is 0 Å². The first-order valence-electron chi connectivity index (χ1n) is 12.3. The summed E-state index contributed by atoms with van der Waals surface area (Å²) in [7, 11) is 2.10. The molecule has 35 heavy (non-hydrogen) atoms. The van der Waals surface area contributed by atoms with Gasteiger partial charge in [-0.15, -0.1) is 0 Å². The van der Waals surface area contributed by atoms with Crippen molar-refractivity contribution in [2.75, 3.05) is 0 Å². The van der Waals surface area contributed by atoms with Crippen LogP contribution in [0.4, 0.5) is 0 Å². The topological polar surface area (TPSA) is 47.5 Å². The third-order valence-electron chi connectivity index (χ3n) is 6.33. The van der Waals surface area contributed by atoms with Gasteiger partial charge in [-0.2, -0.15) is 4.57 Å². The second-order valence-corrected chi connectivity index (χ2v) is 11.7. The van der Waals surface area contributed by atoms with Crippen LogP contribution in [-0.4, -0.2) is 19.5 Å². The SMILES string of the molecule is Cc1ccc(-n2cc[n+](C)c2-c2cc(-c3nc(C(C)(C)C)nc(C(C)(C)C)n3)ccc2C)c(C)c1. The second-order valence-electron chi connectivity index (χ2n) is 11.7. The molecule has 182 valence electrons. The van der Waals surface area contributed by atoms with Crippen LogP contribution < -0.4 is 4.57 Å². The number of rotatable bonds is 3. The van der Waals surface area contributed by atoms with Crippen LogP contribution in [0.25, 0.3) is 28.5 Å². The molecule has 2 heterocycles. The van der Waals surface area contributed by atoms with Crippen molar-refractivity contribution in [2.24, 2.45) is 7.05 Å².